The Morgan fingerprint density at radius 1 is 0.551 bits per heavy atom. The summed E-state index contributed by atoms with van der Waals surface area (Å²) in [6, 6.07) is 28.2. The SMILES string of the molecule is CC.COC(=O)c1cc(F)c2nc(Cc3ccc(Oc4ccnc(COc5ccc(Cl)cc5F)c4)cc3F)n(CC3CCO3)c2c1.O=C(O)c1cc(F)c2nc(Cc3ccc(Oc4ccnc(COc5ccc(Cl)cc5F)c4)cc3F)n(CC3CCO3)c2c1. The topological polar surface area (TPSA) is 180 Å². The van der Waals surface area contributed by atoms with E-state index in [-0.39, 0.29) is 99.0 Å². The van der Waals surface area contributed by atoms with Gasteiger partial charge in [0.25, 0.3) is 0 Å². The Labute approximate surface area is 515 Å². The predicted octanol–water partition coefficient (Wildman–Crippen LogP) is 15.0. The van der Waals surface area contributed by atoms with E-state index in [9.17, 15) is 27.9 Å². The fourth-order valence-corrected chi connectivity index (χ4v) is 9.84. The van der Waals surface area contributed by atoms with Gasteiger partial charge < -0.3 is 47.4 Å². The number of fused-ring (bicyclic) bond motifs is 2. The minimum absolute atomic E-state index is 0.0101. The quantitative estimate of drug-likeness (QED) is 0.0562. The van der Waals surface area contributed by atoms with Gasteiger partial charge in [-0.25, -0.2) is 45.9 Å². The molecule has 2 aliphatic heterocycles. The van der Waals surface area contributed by atoms with Gasteiger partial charge in [0.05, 0.1) is 66.0 Å². The van der Waals surface area contributed by atoms with Crippen LogP contribution >= 0.6 is 23.2 Å². The number of methoxy groups -OCH3 is 1. The van der Waals surface area contributed by atoms with Crippen LogP contribution in [0.3, 0.4) is 0 Å². The molecule has 0 saturated carbocycles. The molecule has 24 heteroatoms. The molecule has 2 fully saturated rings. The average Bonchev–Trinajstić information content (AvgIpc) is 1.82. The van der Waals surface area contributed by atoms with E-state index in [1.165, 1.54) is 68.0 Å². The van der Waals surface area contributed by atoms with E-state index in [0.717, 1.165) is 37.1 Å². The molecule has 4 aromatic heterocycles. The Morgan fingerprint density at radius 3 is 1.37 bits per heavy atom. The van der Waals surface area contributed by atoms with E-state index in [4.69, 9.17) is 56.4 Å². The number of hydrogen-bond acceptors (Lipinski definition) is 13. The summed E-state index contributed by atoms with van der Waals surface area (Å²) < 4.78 is 130. The molecule has 0 aliphatic carbocycles. The molecular weight excluding hydrogens is 1210 g/mol. The first kappa shape index (κ1) is 62.8. The summed E-state index contributed by atoms with van der Waals surface area (Å²) in [5.41, 5.74) is 2.14. The Bertz CT molecular complexity index is 4240. The van der Waals surface area contributed by atoms with E-state index >= 15 is 13.2 Å². The van der Waals surface area contributed by atoms with Crippen molar-refractivity contribution in [1.29, 1.82) is 0 Å². The van der Waals surface area contributed by atoms with Crippen molar-refractivity contribution >= 4 is 57.2 Å². The number of halogens is 8. The number of rotatable bonds is 20. The molecule has 0 amide bonds. The van der Waals surface area contributed by atoms with Crippen molar-refractivity contribution in [2.24, 2.45) is 0 Å². The second-order valence-electron chi connectivity index (χ2n) is 20.0. The molecule has 12 rings (SSSR count). The lowest BCUT2D eigenvalue weighted by molar-refractivity contribution is -0.0591. The van der Waals surface area contributed by atoms with Gasteiger partial charge in [-0.1, -0.05) is 49.2 Å². The summed E-state index contributed by atoms with van der Waals surface area (Å²) in [5, 5.41) is 9.91. The third-order valence-corrected chi connectivity index (χ3v) is 14.6. The number of benzene rings is 6. The van der Waals surface area contributed by atoms with Gasteiger partial charge in [-0.2, -0.15) is 0 Å². The first-order valence-corrected chi connectivity index (χ1v) is 28.7. The lowest BCUT2D eigenvalue weighted by Gasteiger charge is -2.27. The number of carboxylic acids is 1. The van der Waals surface area contributed by atoms with Crippen LogP contribution in [0.1, 0.15) is 81.6 Å². The van der Waals surface area contributed by atoms with Crippen LogP contribution in [0.4, 0.5) is 26.3 Å². The number of imidazole rings is 2. The van der Waals surface area contributed by atoms with Crippen LogP contribution in [0.25, 0.3) is 22.1 Å². The highest BCUT2D eigenvalue weighted by atomic mass is 35.5. The first-order valence-electron chi connectivity index (χ1n) is 27.9. The summed E-state index contributed by atoms with van der Waals surface area (Å²) >= 11 is 11.6. The normalized spacial score (nSPS) is 14.1. The standard InChI is InChI=1S/C32H25ClF3N3O5.C31H23ClF3N3O5.C2H6/c1-41-32(40)19-10-27(36)31-28(11-19)39(16-24-7-9-42-24)30(38-31)12-18-2-4-22(15-25(18)34)44-23-6-8-37-21(14-23)17-43-29-5-3-20(33)13-26(29)35;32-19-2-4-28(25(34)12-19)42-16-20-13-22(5-7-36-20)43-21-3-1-17(24(33)14-21)11-29-37-30-26(35)9-18(31(39)40)10-27(30)38(29)15-23-6-8-41-23;1-2/h2-6,8,10-11,13-15,24H,7,9,12,16-17H2,1H3;1-5,7,9-10,12-14,23H,6,8,11,15-16H2,(H,39,40);1-2H3. The van der Waals surface area contributed by atoms with Gasteiger partial charge >= 0.3 is 11.9 Å². The van der Waals surface area contributed by atoms with E-state index < -0.39 is 46.8 Å². The Hall–Kier alpha value is -9.22. The summed E-state index contributed by atoms with van der Waals surface area (Å²) in [5.74, 6) is -3.67. The highest BCUT2D eigenvalue weighted by Gasteiger charge is 2.27. The molecule has 2 atom stereocenters. The smallest absolute Gasteiger partial charge is 0.338 e. The molecular formula is C65H54Cl2F6N6O10. The molecule has 6 aromatic carbocycles. The van der Waals surface area contributed by atoms with Crippen molar-refractivity contribution in [3.05, 3.63) is 224 Å². The molecule has 10 aromatic rings. The van der Waals surface area contributed by atoms with Crippen molar-refractivity contribution in [3.63, 3.8) is 0 Å². The fraction of sp³-hybridized carbons (Fsp3) is 0.231. The Morgan fingerprint density at radius 2 is 0.978 bits per heavy atom. The lowest BCUT2D eigenvalue weighted by atomic mass is 10.1. The second kappa shape index (κ2) is 28.3. The summed E-state index contributed by atoms with van der Waals surface area (Å²) in [7, 11) is 1.22. The number of ether oxygens (including phenoxy) is 7. The molecule has 16 nitrogen and oxygen atoms in total. The van der Waals surface area contributed by atoms with Crippen LogP contribution in [-0.4, -0.2) is 78.6 Å². The second-order valence-corrected chi connectivity index (χ2v) is 20.9. The molecule has 0 spiro atoms. The monoisotopic (exact) mass is 1260 g/mol. The van der Waals surface area contributed by atoms with Gasteiger partial charge in [0.2, 0.25) is 0 Å². The summed E-state index contributed by atoms with van der Waals surface area (Å²) in [4.78, 5) is 40.9. The van der Waals surface area contributed by atoms with E-state index in [2.05, 4.69) is 19.9 Å². The summed E-state index contributed by atoms with van der Waals surface area (Å²) in [6.45, 7) is 5.86. The number of hydrogen-bond donors (Lipinski definition) is 1. The Kier molecular flexibility index (Phi) is 20.0. The van der Waals surface area contributed by atoms with Crippen molar-refractivity contribution in [2.75, 3.05) is 20.3 Å². The number of aromatic carboxylic acids is 1. The highest BCUT2D eigenvalue weighted by molar-refractivity contribution is 6.30. The lowest BCUT2D eigenvalue weighted by Crippen LogP contribution is -2.31. The van der Waals surface area contributed by atoms with Crippen LogP contribution in [-0.2, 0) is 53.4 Å². The molecule has 460 valence electrons. The van der Waals surface area contributed by atoms with Crippen molar-refractivity contribution in [1.82, 2.24) is 29.1 Å². The third-order valence-electron chi connectivity index (χ3n) is 14.1. The van der Waals surface area contributed by atoms with Crippen LogP contribution in [0, 0.1) is 34.9 Å². The molecule has 0 bridgehead atoms. The van der Waals surface area contributed by atoms with Gasteiger partial charge in [-0.05, 0) is 109 Å². The zero-order chi connectivity index (χ0) is 62.9. The maximum Gasteiger partial charge on any atom is 0.338 e. The minimum Gasteiger partial charge on any atom is -0.484 e. The average molecular weight is 1260 g/mol. The van der Waals surface area contributed by atoms with E-state index in [1.807, 2.05) is 13.8 Å². The number of carbonyl (C=O) groups excluding carboxylic acids is 1. The van der Waals surface area contributed by atoms with Crippen LogP contribution in [0.5, 0.6) is 34.5 Å². The van der Waals surface area contributed by atoms with Gasteiger partial charge in [-0.15, -0.1) is 0 Å². The van der Waals surface area contributed by atoms with Crippen LogP contribution in [0.2, 0.25) is 10.0 Å². The maximum absolute atomic E-state index is 15.4. The fourth-order valence-electron chi connectivity index (χ4n) is 9.53. The maximum atomic E-state index is 15.4. The number of carbonyl (C=O) groups is 2. The molecule has 2 unspecified atom stereocenters. The number of esters is 1. The largest absolute Gasteiger partial charge is 0.484 e. The van der Waals surface area contributed by atoms with Gasteiger partial charge in [-0.3, -0.25) is 9.97 Å². The van der Waals surface area contributed by atoms with Gasteiger partial charge in [0.15, 0.2) is 34.8 Å². The van der Waals surface area contributed by atoms with Crippen molar-refractivity contribution < 1.29 is 74.2 Å². The molecule has 0 radical (unpaired) electrons. The zero-order valence-electron chi connectivity index (χ0n) is 47.8. The molecule has 6 heterocycles. The van der Waals surface area contributed by atoms with E-state index in [0.29, 0.717) is 77.4 Å². The molecule has 2 aliphatic rings. The summed E-state index contributed by atoms with van der Waals surface area (Å²) in [6.07, 6.45) is 4.44. The number of aromatic nitrogens is 6. The Balaban J connectivity index is 0.000000191. The third kappa shape index (κ3) is 15.2. The first-order chi connectivity index (χ1) is 43.0. The zero-order valence-corrected chi connectivity index (χ0v) is 49.3. The number of pyridine rings is 2. The number of carboxylic acid groups (broad SMARTS) is 1. The molecule has 2 saturated heterocycles. The number of nitrogens with zero attached hydrogens (tertiary/aromatic N) is 6. The van der Waals surface area contributed by atoms with Crippen molar-refractivity contribution in [2.45, 2.75) is 78.0 Å². The van der Waals surface area contributed by atoms with Gasteiger partial charge in [0, 0.05) is 72.8 Å². The van der Waals surface area contributed by atoms with Crippen LogP contribution in [0.15, 0.2) is 134 Å². The molecule has 89 heavy (non-hydrogen) atoms. The van der Waals surface area contributed by atoms with Crippen molar-refractivity contribution in [3.8, 4) is 34.5 Å². The molecule has 1 N–H and O–H groups in total. The predicted molar refractivity (Wildman–Crippen MR) is 316 cm³/mol. The highest BCUT2D eigenvalue weighted by Crippen LogP contribution is 2.33. The van der Waals surface area contributed by atoms with E-state index in [1.54, 1.807) is 57.7 Å². The minimum atomic E-state index is -1.26. The van der Waals surface area contributed by atoms with Crippen LogP contribution < -0.4 is 18.9 Å². The van der Waals surface area contributed by atoms with Gasteiger partial charge in [0.1, 0.15) is 70.5 Å².